The maximum Gasteiger partial charge on any atom is 0.0475 e. The summed E-state index contributed by atoms with van der Waals surface area (Å²) in [5.74, 6) is 0.572. The van der Waals surface area contributed by atoms with E-state index in [1.807, 2.05) is 12.1 Å². The summed E-state index contributed by atoms with van der Waals surface area (Å²) < 4.78 is 0. The van der Waals surface area contributed by atoms with Crippen molar-refractivity contribution in [3.8, 4) is 0 Å². The second kappa shape index (κ2) is 10.6. The largest absolute Gasteiger partial charge is 0.265 e. The van der Waals surface area contributed by atoms with Crippen LogP contribution in [0.3, 0.4) is 0 Å². The lowest BCUT2D eigenvalue weighted by molar-refractivity contribution is 1.27. The number of rotatable bonds is 4. The summed E-state index contributed by atoms with van der Waals surface area (Å²) >= 11 is 5.50. The smallest absolute Gasteiger partial charge is 0.0475 e. The molecule has 0 unspecified atom stereocenters. The highest BCUT2D eigenvalue weighted by Crippen LogP contribution is 2.32. The Kier molecular flexibility index (Phi) is 7.59. The van der Waals surface area contributed by atoms with Gasteiger partial charge in [-0.25, -0.2) is 0 Å². The molecule has 0 saturated heterocycles. The van der Waals surface area contributed by atoms with Crippen LogP contribution in [0.4, 0.5) is 0 Å². The molecule has 0 aliphatic carbocycles. The number of nitrogens with zero attached hydrogens (tertiary/aromatic N) is 1. The molecule has 0 aliphatic rings. The van der Waals surface area contributed by atoms with Crippen LogP contribution in [-0.4, -0.2) is 4.98 Å². The summed E-state index contributed by atoms with van der Waals surface area (Å²) in [5.41, 5.74) is 1.11. The number of hydrogen-bond acceptors (Lipinski definition) is 1. The molecule has 0 amide bonds. The van der Waals surface area contributed by atoms with Crippen LogP contribution < -0.4 is 15.9 Å². The molecule has 0 radical (unpaired) electrons. The third kappa shape index (κ3) is 5.76. The number of benzene rings is 3. The summed E-state index contributed by atoms with van der Waals surface area (Å²) in [7, 11) is -0.446. The van der Waals surface area contributed by atoms with Crippen LogP contribution in [0.5, 0.6) is 0 Å². The minimum Gasteiger partial charge on any atom is -0.265 e. The van der Waals surface area contributed by atoms with E-state index in [-0.39, 0.29) is 0 Å². The minimum absolute atomic E-state index is 0.446. The van der Waals surface area contributed by atoms with E-state index in [2.05, 4.69) is 96.0 Å². The Morgan fingerprint density at radius 2 is 0.926 bits per heavy atom. The average molecular weight is 390 g/mol. The minimum atomic E-state index is -0.446. The molecular formula is C24H21ClNP. The molecule has 0 saturated carbocycles. The zero-order valence-electron chi connectivity index (χ0n) is 14.9. The predicted octanol–water partition coefficient (Wildman–Crippen LogP) is 5.27. The Hall–Kier alpha value is -2.47. The highest BCUT2D eigenvalue weighted by Gasteiger charge is 2.14. The summed E-state index contributed by atoms with van der Waals surface area (Å²) in [6, 6.07) is 36.1. The average Bonchev–Trinajstić information content (AvgIpc) is 2.77. The quantitative estimate of drug-likeness (QED) is 0.342. The SMILES string of the molecule is ClCc1ccncc1.c1ccc(P(c2ccccc2)c2ccccc2)cc1. The zero-order chi connectivity index (χ0) is 18.7. The lowest BCUT2D eigenvalue weighted by Crippen LogP contribution is -2.20. The molecule has 4 rings (SSSR count). The molecule has 0 N–H and O–H groups in total. The lowest BCUT2D eigenvalue weighted by Gasteiger charge is -2.18. The Labute approximate surface area is 167 Å². The fourth-order valence-electron chi connectivity index (χ4n) is 2.65. The van der Waals surface area contributed by atoms with E-state index >= 15 is 0 Å². The molecule has 3 heteroatoms. The summed E-state index contributed by atoms with van der Waals surface area (Å²) in [6.45, 7) is 0. The standard InChI is InChI=1S/C18H15P.C6H6ClN/c1-4-10-16(11-5-1)19(17-12-6-2-7-13-17)18-14-8-3-9-15-18;7-5-6-1-3-8-4-2-6/h1-15H;1-4H,5H2. The van der Waals surface area contributed by atoms with Crippen LogP contribution in [0.15, 0.2) is 116 Å². The summed E-state index contributed by atoms with van der Waals surface area (Å²) in [6.07, 6.45) is 3.47. The van der Waals surface area contributed by atoms with Crippen molar-refractivity contribution in [3.63, 3.8) is 0 Å². The third-order valence-corrected chi connectivity index (χ3v) is 6.70. The topological polar surface area (TPSA) is 12.9 Å². The molecule has 0 bridgehead atoms. The van der Waals surface area contributed by atoms with E-state index in [4.69, 9.17) is 11.6 Å². The molecule has 0 aliphatic heterocycles. The molecule has 27 heavy (non-hydrogen) atoms. The van der Waals surface area contributed by atoms with Gasteiger partial charge in [0.2, 0.25) is 0 Å². The Morgan fingerprint density at radius 3 is 1.22 bits per heavy atom. The van der Waals surface area contributed by atoms with Gasteiger partial charge in [-0.3, -0.25) is 4.98 Å². The molecule has 134 valence electrons. The van der Waals surface area contributed by atoms with E-state index < -0.39 is 7.92 Å². The molecule has 0 atom stereocenters. The number of aromatic nitrogens is 1. The predicted molar refractivity (Wildman–Crippen MR) is 119 cm³/mol. The number of alkyl halides is 1. The van der Waals surface area contributed by atoms with Crippen molar-refractivity contribution >= 4 is 35.4 Å². The fraction of sp³-hybridized carbons (Fsp3) is 0.0417. The van der Waals surface area contributed by atoms with E-state index in [9.17, 15) is 0 Å². The van der Waals surface area contributed by atoms with Gasteiger partial charge in [-0.2, -0.15) is 0 Å². The maximum absolute atomic E-state index is 5.50. The molecule has 4 aromatic rings. The number of pyridine rings is 1. The van der Waals surface area contributed by atoms with Crippen molar-refractivity contribution < 1.29 is 0 Å². The summed E-state index contributed by atoms with van der Waals surface area (Å²) in [4.78, 5) is 3.83. The molecular weight excluding hydrogens is 369 g/mol. The van der Waals surface area contributed by atoms with Crippen molar-refractivity contribution in [1.29, 1.82) is 0 Å². The highest BCUT2D eigenvalue weighted by atomic mass is 35.5. The van der Waals surface area contributed by atoms with Crippen LogP contribution in [-0.2, 0) is 5.88 Å². The van der Waals surface area contributed by atoms with Gasteiger partial charge in [-0.15, -0.1) is 11.6 Å². The first-order valence-corrected chi connectivity index (χ1v) is 10.7. The summed E-state index contributed by atoms with van der Waals surface area (Å²) in [5, 5.41) is 4.19. The normalized spacial score (nSPS) is 10.1. The van der Waals surface area contributed by atoms with Crippen molar-refractivity contribution in [1.82, 2.24) is 4.98 Å². The molecule has 0 spiro atoms. The number of hydrogen-bond donors (Lipinski definition) is 0. The molecule has 3 aromatic carbocycles. The van der Waals surface area contributed by atoms with E-state index in [0.717, 1.165) is 5.56 Å². The first-order valence-electron chi connectivity index (χ1n) is 8.78. The van der Waals surface area contributed by atoms with Crippen molar-refractivity contribution in [2.45, 2.75) is 5.88 Å². The van der Waals surface area contributed by atoms with Crippen LogP contribution in [0.2, 0.25) is 0 Å². The van der Waals surface area contributed by atoms with E-state index in [0.29, 0.717) is 5.88 Å². The highest BCUT2D eigenvalue weighted by molar-refractivity contribution is 7.79. The van der Waals surface area contributed by atoms with Gasteiger partial charge in [0.25, 0.3) is 0 Å². The van der Waals surface area contributed by atoms with Gasteiger partial charge in [0.15, 0.2) is 0 Å². The van der Waals surface area contributed by atoms with Gasteiger partial charge in [0.05, 0.1) is 0 Å². The van der Waals surface area contributed by atoms with E-state index in [1.54, 1.807) is 12.4 Å². The van der Waals surface area contributed by atoms with Crippen LogP contribution >= 0.6 is 19.5 Å². The van der Waals surface area contributed by atoms with Gasteiger partial charge in [-0.1, -0.05) is 91.0 Å². The molecule has 0 fully saturated rings. The van der Waals surface area contributed by atoms with Gasteiger partial charge in [-0.05, 0) is 41.5 Å². The van der Waals surface area contributed by atoms with Gasteiger partial charge in [0, 0.05) is 18.3 Å². The van der Waals surface area contributed by atoms with Crippen LogP contribution in [0.25, 0.3) is 0 Å². The third-order valence-electron chi connectivity index (χ3n) is 3.95. The number of halogens is 1. The van der Waals surface area contributed by atoms with Gasteiger partial charge >= 0.3 is 0 Å². The Bertz CT molecular complexity index is 806. The van der Waals surface area contributed by atoms with Crippen molar-refractivity contribution in [3.05, 3.63) is 121 Å². The lowest BCUT2D eigenvalue weighted by atomic mass is 10.3. The first-order chi connectivity index (χ1) is 13.4. The fourth-order valence-corrected chi connectivity index (χ4v) is 5.13. The van der Waals surface area contributed by atoms with Crippen molar-refractivity contribution in [2.24, 2.45) is 0 Å². The molecule has 1 aromatic heterocycles. The second-order valence-electron chi connectivity index (χ2n) is 5.83. The first kappa shape index (κ1) is 19.3. The zero-order valence-corrected chi connectivity index (χ0v) is 16.6. The maximum atomic E-state index is 5.50. The van der Waals surface area contributed by atoms with Crippen molar-refractivity contribution in [2.75, 3.05) is 0 Å². The van der Waals surface area contributed by atoms with Gasteiger partial charge < -0.3 is 0 Å². The van der Waals surface area contributed by atoms with E-state index in [1.165, 1.54) is 15.9 Å². The Balaban J connectivity index is 0.000000221. The van der Waals surface area contributed by atoms with Crippen LogP contribution in [0, 0.1) is 0 Å². The molecule has 1 heterocycles. The monoisotopic (exact) mass is 389 g/mol. The van der Waals surface area contributed by atoms with Crippen LogP contribution in [0.1, 0.15) is 5.56 Å². The Morgan fingerprint density at radius 1 is 0.556 bits per heavy atom. The van der Waals surface area contributed by atoms with Gasteiger partial charge in [0.1, 0.15) is 0 Å². The molecule has 1 nitrogen and oxygen atoms in total. The second-order valence-corrected chi connectivity index (χ2v) is 8.32.